The van der Waals surface area contributed by atoms with E-state index in [2.05, 4.69) is 22.0 Å². The highest BCUT2D eigenvalue weighted by Crippen LogP contribution is 2.32. The lowest BCUT2D eigenvalue weighted by atomic mass is 10.2. The van der Waals surface area contributed by atoms with Gasteiger partial charge >= 0.3 is 0 Å². The highest BCUT2D eigenvalue weighted by atomic mass is 79.9. The third-order valence-corrected chi connectivity index (χ3v) is 3.42. The van der Waals surface area contributed by atoms with E-state index in [4.69, 9.17) is 33.2 Å². The van der Waals surface area contributed by atoms with E-state index in [1.54, 1.807) is 36.4 Å². The molecule has 0 N–H and O–H groups in total. The maximum atomic E-state index is 8.99. The Hall–Kier alpha value is -1.21. The zero-order valence-electron chi connectivity index (χ0n) is 8.95. The van der Waals surface area contributed by atoms with Crippen LogP contribution in [0.5, 0.6) is 11.5 Å². The quantitative estimate of drug-likeness (QED) is 0.730. The van der Waals surface area contributed by atoms with Crippen LogP contribution in [0.25, 0.3) is 0 Å². The first kappa shape index (κ1) is 13.2. The van der Waals surface area contributed by atoms with Gasteiger partial charge in [-0.2, -0.15) is 5.26 Å². The highest BCUT2D eigenvalue weighted by molar-refractivity contribution is 9.10. The van der Waals surface area contributed by atoms with Crippen LogP contribution < -0.4 is 4.74 Å². The van der Waals surface area contributed by atoms with Crippen molar-refractivity contribution >= 4 is 39.1 Å². The largest absolute Gasteiger partial charge is 0.456 e. The maximum Gasteiger partial charge on any atom is 0.146 e. The molecule has 0 unspecified atom stereocenters. The molecule has 0 saturated carbocycles. The third-order valence-electron chi connectivity index (χ3n) is 2.18. The van der Waals surface area contributed by atoms with Crippen LogP contribution in [0.4, 0.5) is 0 Å². The molecule has 18 heavy (non-hydrogen) atoms. The van der Waals surface area contributed by atoms with Crippen molar-refractivity contribution in [2.45, 2.75) is 0 Å². The fourth-order valence-corrected chi connectivity index (χ4v) is 1.97. The molecule has 2 aromatic carbocycles. The van der Waals surface area contributed by atoms with Crippen molar-refractivity contribution in [3.05, 3.63) is 56.5 Å². The van der Waals surface area contributed by atoms with E-state index in [9.17, 15) is 0 Å². The summed E-state index contributed by atoms with van der Waals surface area (Å²) in [5.41, 5.74) is 0.448. The molecule has 2 rings (SSSR count). The Balaban J connectivity index is 2.36. The van der Waals surface area contributed by atoms with Crippen LogP contribution in [0, 0.1) is 11.3 Å². The molecule has 0 aliphatic rings. The van der Waals surface area contributed by atoms with Gasteiger partial charge in [-0.3, -0.25) is 0 Å². The molecule has 0 heterocycles. The van der Waals surface area contributed by atoms with E-state index < -0.39 is 0 Å². The number of nitrogens with zero attached hydrogens (tertiary/aromatic N) is 1. The SMILES string of the molecule is N#Cc1ccc(Br)cc1Oc1ccc(Cl)c(Cl)c1. The molecule has 2 nitrogen and oxygen atoms in total. The topological polar surface area (TPSA) is 33.0 Å². The fraction of sp³-hybridized carbons (Fsp3) is 0. The van der Waals surface area contributed by atoms with Crippen LogP contribution >= 0.6 is 39.1 Å². The average Bonchev–Trinajstić information content (AvgIpc) is 2.34. The van der Waals surface area contributed by atoms with Gasteiger partial charge in [0.05, 0.1) is 15.6 Å². The van der Waals surface area contributed by atoms with Crippen LogP contribution in [0.2, 0.25) is 10.0 Å². The van der Waals surface area contributed by atoms with E-state index >= 15 is 0 Å². The zero-order valence-corrected chi connectivity index (χ0v) is 12.1. The van der Waals surface area contributed by atoms with Crippen molar-refractivity contribution in [3.8, 4) is 17.6 Å². The Bertz CT molecular complexity index is 637. The van der Waals surface area contributed by atoms with Crippen LogP contribution in [0.3, 0.4) is 0 Å². The predicted molar refractivity (Wildman–Crippen MR) is 75.4 cm³/mol. The normalized spacial score (nSPS) is 9.89. The van der Waals surface area contributed by atoms with Crippen molar-refractivity contribution in [2.24, 2.45) is 0 Å². The van der Waals surface area contributed by atoms with Crippen LogP contribution in [-0.2, 0) is 0 Å². The number of halogens is 3. The molecule has 0 spiro atoms. The summed E-state index contributed by atoms with van der Waals surface area (Å²) in [5.74, 6) is 0.990. The molecule has 0 saturated heterocycles. The molecular formula is C13H6BrCl2NO. The van der Waals surface area contributed by atoms with Gasteiger partial charge < -0.3 is 4.74 Å². The molecule has 0 aromatic heterocycles. The second-order valence-corrected chi connectivity index (χ2v) is 5.16. The molecule has 0 radical (unpaired) electrons. The number of benzene rings is 2. The summed E-state index contributed by atoms with van der Waals surface area (Å²) >= 11 is 15.0. The molecule has 0 bridgehead atoms. The highest BCUT2D eigenvalue weighted by Gasteiger charge is 2.07. The molecule has 0 atom stereocenters. The van der Waals surface area contributed by atoms with Gasteiger partial charge in [-0.05, 0) is 30.3 Å². The van der Waals surface area contributed by atoms with Crippen LogP contribution in [-0.4, -0.2) is 0 Å². The standard InChI is InChI=1S/C13H6BrCl2NO/c14-9-2-1-8(7-17)13(5-9)18-10-3-4-11(15)12(16)6-10/h1-6H. The van der Waals surface area contributed by atoms with E-state index in [0.29, 0.717) is 27.1 Å². The number of hydrogen-bond donors (Lipinski definition) is 0. The lowest BCUT2D eigenvalue weighted by Gasteiger charge is -2.08. The first-order chi connectivity index (χ1) is 8.60. The van der Waals surface area contributed by atoms with Gasteiger partial charge in [0, 0.05) is 10.5 Å². The van der Waals surface area contributed by atoms with Crippen molar-refractivity contribution in [1.29, 1.82) is 5.26 Å². The number of ether oxygens (including phenoxy) is 1. The van der Waals surface area contributed by atoms with Gasteiger partial charge in [-0.15, -0.1) is 0 Å². The average molecular weight is 343 g/mol. The summed E-state index contributed by atoms with van der Waals surface area (Å²) in [6, 6.07) is 12.2. The van der Waals surface area contributed by atoms with Gasteiger partial charge in [0.1, 0.15) is 17.6 Å². The molecule has 2 aromatic rings. The van der Waals surface area contributed by atoms with Crippen LogP contribution in [0.15, 0.2) is 40.9 Å². The van der Waals surface area contributed by atoms with E-state index in [1.165, 1.54) is 0 Å². The number of nitriles is 1. The van der Waals surface area contributed by atoms with Gasteiger partial charge in [-0.1, -0.05) is 39.1 Å². The maximum absolute atomic E-state index is 8.99. The lowest BCUT2D eigenvalue weighted by molar-refractivity contribution is 0.481. The van der Waals surface area contributed by atoms with Gasteiger partial charge in [0.15, 0.2) is 0 Å². The minimum absolute atomic E-state index is 0.405. The summed E-state index contributed by atoms with van der Waals surface area (Å²) in [6.07, 6.45) is 0. The zero-order chi connectivity index (χ0) is 13.1. The molecule has 0 aliphatic carbocycles. The molecular weight excluding hydrogens is 337 g/mol. The van der Waals surface area contributed by atoms with Crippen LogP contribution in [0.1, 0.15) is 5.56 Å². The molecule has 0 fully saturated rings. The van der Waals surface area contributed by atoms with Gasteiger partial charge in [0.2, 0.25) is 0 Å². The van der Waals surface area contributed by atoms with E-state index in [1.807, 2.05) is 0 Å². The Morgan fingerprint density at radius 1 is 1.06 bits per heavy atom. The lowest BCUT2D eigenvalue weighted by Crippen LogP contribution is -1.88. The second kappa shape index (κ2) is 5.62. The summed E-state index contributed by atoms with van der Waals surface area (Å²) in [7, 11) is 0. The summed E-state index contributed by atoms with van der Waals surface area (Å²) in [6.45, 7) is 0. The first-order valence-electron chi connectivity index (χ1n) is 4.92. The molecule has 90 valence electrons. The minimum atomic E-state index is 0.405. The Labute approximate surface area is 123 Å². The predicted octanol–water partition coefficient (Wildman–Crippen LogP) is 5.42. The summed E-state index contributed by atoms with van der Waals surface area (Å²) in [4.78, 5) is 0. The van der Waals surface area contributed by atoms with Crippen molar-refractivity contribution in [1.82, 2.24) is 0 Å². The van der Waals surface area contributed by atoms with E-state index in [0.717, 1.165) is 4.47 Å². The Morgan fingerprint density at radius 3 is 2.50 bits per heavy atom. The van der Waals surface area contributed by atoms with E-state index in [-0.39, 0.29) is 0 Å². The first-order valence-corrected chi connectivity index (χ1v) is 6.47. The van der Waals surface area contributed by atoms with Gasteiger partial charge in [-0.25, -0.2) is 0 Å². The number of rotatable bonds is 2. The van der Waals surface area contributed by atoms with Crippen molar-refractivity contribution in [2.75, 3.05) is 0 Å². The molecule has 5 heteroatoms. The summed E-state index contributed by atoms with van der Waals surface area (Å²) < 4.78 is 6.45. The van der Waals surface area contributed by atoms with Crippen molar-refractivity contribution in [3.63, 3.8) is 0 Å². The van der Waals surface area contributed by atoms with Crippen molar-refractivity contribution < 1.29 is 4.74 Å². The van der Waals surface area contributed by atoms with Gasteiger partial charge in [0.25, 0.3) is 0 Å². The second-order valence-electron chi connectivity index (χ2n) is 3.43. The Kier molecular flexibility index (Phi) is 4.13. The third kappa shape index (κ3) is 2.97. The monoisotopic (exact) mass is 341 g/mol. The molecule has 0 amide bonds. The fourth-order valence-electron chi connectivity index (χ4n) is 1.34. The minimum Gasteiger partial charge on any atom is -0.456 e. The summed E-state index contributed by atoms with van der Waals surface area (Å²) in [5, 5.41) is 9.86. The molecule has 0 aliphatic heterocycles. The number of hydrogen-bond acceptors (Lipinski definition) is 2. The Morgan fingerprint density at radius 2 is 1.83 bits per heavy atom. The smallest absolute Gasteiger partial charge is 0.146 e.